The van der Waals surface area contributed by atoms with Gasteiger partial charge in [0.2, 0.25) is 6.33 Å². The van der Waals surface area contributed by atoms with Crippen molar-refractivity contribution < 1.29 is 30.3 Å². The molecule has 0 atom stereocenters. The second kappa shape index (κ2) is 16.5. The summed E-state index contributed by atoms with van der Waals surface area (Å²) in [6, 6.07) is 77.9. The van der Waals surface area contributed by atoms with Gasteiger partial charge in [-0.1, -0.05) is 172 Å². The smallest absolute Gasteiger partial charge is 0.510 e. The Labute approximate surface area is 399 Å². The third kappa shape index (κ3) is 7.03. The number of hydrogen-bond acceptors (Lipinski definition) is 3. The molecule has 0 N–H and O–H groups in total. The summed E-state index contributed by atoms with van der Waals surface area (Å²) in [5, 5.41) is 2.17. The van der Waals surface area contributed by atoms with Crippen LogP contribution in [0.15, 0.2) is 200 Å². The van der Waals surface area contributed by atoms with Gasteiger partial charge in [0.05, 0.1) is 5.52 Å². The molecule has 8 heteroatoms. The fourth-order valence-corrected chi connectivity index (χ4v) is 9.47. The van der Waals surface area contributed by atoms with Gasteiger partial charge in [-0.15, -0.1) is 29.7 Å². The summed E-state index contributed by atoms with van der Waals surface area (Å²) < 4.78 is 13.3. The van der Waals surface area contributed by atoms with Crippen molar-refractivity contribution in [3.63, 3.8) is 0 Å². The topological polar surface area (TPSA) is 39.1 Å². The van der Waals surface area contributed by atoms with Gasteiger partial charge < -0.3 is 23.2 Å². The molecule has 0 aliphatic carbocycles. The summed E-state index contributed by atoms with van der Waals surface area (Å²) in [6.07, 6.45) is 3.94. The van der Waals surface area contributed by atoms with Crippen LogP contribution in [0.25, 0.3) is 66.6 Å². The van der Waals surface area contributed by atoms with Gasteiger partial charge in [0.15, 0.2) is 0 Å². The maximum atomic E-state index is 6.68. The summed E-state index contributed by atoms with van der Waals surface area (Å²) in [5.74, 6) is 2.72. The third-order valence-corrected chi connectivity index (χ3v) is 12.6. The fourth-order valence-electron chi connectivity index (χ4n) is 9.47. The number of nitrogens with zero attached hydrogens (tertiary/aromatic N) is 5. The molecule has 0 saturated carbocycles. The first-order valence-electron chi connectivity index (χ1n) is 22.1. The maximum Gasteiger partial charge on any atom is 0.526 e. The van der Waals surface area contributed by atoms with Crippen molar-refractivity contribution in [3.8, 4) is 45.3 Å². The quantitative estimate of drug-likeness (QED) is 0.130. The Bertz CT molecular complexity index is 3520. The molecule has 0 fully saturated rings. The number of ether oxygens (including phenoxy) is 1. The number of rotatable bonds is 4. The van der Waals surface area contributed by atoms with Crippen LogP contribution in [-0.4, -0.2) is 21.1 Å². The minimum atomic E-state index is -0.561. The van der Waals surface area contributed by atoms with Crippen molar-refractivity contribution in [1.29, 1.82) is 0 Å². The first-order valence-corrected chi connectivity index (χ1v) is 22.1. The van der Waals surface area contributed by atoms with Crippen LogP contribution >= 0.6 is 0 Å². The number of benzene rings is 8. The molecule has 1 aliphatic rings. The first kappa shape index (κ1) is 41.3. The molecule has 0 radical (unpaired) electrons. The van der Waals surface area contributed by atoms with E-state index in [4.69, 9.17) is 9.72 Å². The zero-order chi connectivity index (χ0) is 43.6. The van der Waals surface area contributed by atoms with E-state index in [1.54, 1.807) is 0 Å². The molecule has 12 rings (SSSR count). The van der Waals surface area contributed by atoms with Crippen LogP contribution < -0.4 is 19.5 Å². The zero-order valence-electron chi connectivity index (χ0n) is 36.6. The van der Waals surface area contributed by atoms with Crippen LogP contribution in [0.5, 0.6) is 11.5 Å². The van der Waals surface area contributed by atoms with Crippen LogP contribution in [0, 0.1) is 18.5 Å². The third-order valence-electron chi connectivity index (χ3n) is 12.6. The van der Waals surface area contributed by atoms with Crippen LogP contribution in [0.2, 0.25) is 0 Å². The van der Waals surface area contributed by atoms with Gasteiger partial charge >= 0.3 is 6.98 Å². The second-order valence-electron chi connectivity index (χ2n) is 17.6. The Kier molecular flexibility index (Phi) is 10.3. The number of anilines is 2. The average Bonchev–Trinajstić information content (AvgIpc) is 3.89. The molecule has 1 aliphatic heterocycles. The minimum absolute atomic E-state index is 0. The molecule has 6 nitrogen and oxygen atoms in total. The second-order valence-corrected chi connectivity index (χ2v) is 17.6. The Morgan fingerprint density at radius 1 is 0.561 bits per heavy atom. The zero-order valence-corrected chi connectivity index (χ0v) is 38.9. The molecule has 0 saturated heterocycles. The van der Waals surface area contributed by atoms with E-state index in [0.29, 0.717) is 11.5 Å². The SMILES string of the molecule is CC(C)(C)c1cc2nc(c1)-n1c3[c-]c(ccc3c3ccccc31)Oc1[c-]c(ccc1)-n1[c-][n+](c3ccccc31)B(c1c(-c3ccccc3)cccc1-c1ccccc1)N2c1ccccc1.[Pt]. The van der Waals surface area contributed by atoms with Gasteiger partial charge in [0.25, 0.3) is 0 Å². The first-order chi connectivity index (χ1) is 31.9. The summed E-state index contributed by atoms with van der Waals surface area (Å²) >= 11 is 0. The number of hydrogen-bond donors (Lipinski definition) is 0. The van der Waals surface area contributed by atoms with Crippen molar-refractivity contribution in [3.05, 3.63) is 224 Å². The van der Waals surface area contributed by atoms with Crippen molar-refractivity contribution in [2.45, 2.75) is 26.2 Å². The number of imidazole rings is 1. The van der Waals surface area contributed by atoms with E-state index < -0.39 is 6.98 Å². The van der Waals surface area contributed by atoms with E-state index >= 15 is 0 Å². The Morgan fingerprint density at radius 2 is 1.17 bits per heavy atom. The number of aromatic nitrogens is 4. The van der Waals surface area contributed by atoms with Gasteiger partial charge in [-0.3, -0.25) is 0 Å². The van der Waals surface area contributed by atoms with Gasteiger partial charge in [0.1, 0.15) is 11.6 Å². The van der Waals surface area contributed by atoms with E-state index in [1.165, 1.54) is 0 Å². The van der Waals surface area contributed by atoms with Crippen LogP contribution in [0.4, 0.5) is 11.5 Å². The van der Waals surface area contributed by atoms with Crippen LogP contribution in [0.1, 0.15) is 26.3 Å². The molecule has 4 heterocycles. The summed E-state index contributed by atoms with van der Waals surface area (Å²) in [6.45, 7) is 6.26. The van der Waals surface area contributed by atoms with Crippen molar-refractivity contribution in [1.82, 2.24) is 14.1 Å². The van der Waals surface area contributed by atoms with E-state index in [2.05, 4.69) is 240 Å². The van der Waals surface area contributed by atoms with Gasteiger partial charge in [-0.25, -0.2) is 4.98 Å². The molecule has 11 aromatic rings. The predicted octanol–water partition coefficient (Wildman–Crippen LogP) is 12.6. The predicted molar refractivity (Wildman–Crippen MR) is 264 cm³/mol. The Hall–Kier alpha value is -7.47. The molecule has 320 valence electrons. The number of para-hydroxylation sites is 4. The molecule has 0 amide bonds. The minimum Gasteiger partial charge on any atom is -0.510 e. The van der Waals surface area contributed by atoms with Gasteiger partial charge in [-0.05, 0) is 69.0 Å². The monoisotopic (exact) mass is 1030 g/mol. The van der Waals surface area contributed by atoms with Crippen LogP contribution in [0.3, 0.4) is 0 Å². The Morgan fingerprint density at radius 3 is 1.88 bits per heavy atom. The average molecular weight is 1030 g/mol. The summed E-state index contributed by atoms with van der Waals surface area (Å²) in [7, 11) is 0. The number of pyridine rings is 1. The molecular formula is C58H42BN5OPt-2. The summed E-state index contributed by atoms with van der Waals surface area (Å²) in [4.78, 5) is 8.25. The van der Waals surface area contributed by atoms with E-state index in [9.17, 15) is 0 Å². The molecule has 0 spiro atoms. The molecule has 66 heavy (non-hydrogen) atoms. The van der Waals surface area contributed by atoms with E-state index in [-0.39, 0.29) is 26.5 Å². The molecule has 0 unspecified atom stereocenters. The largest absolute Gasteiger partial charge is 0.526 e. The van der Waals surface area contributed by atoms with Gasteiger partial charge in [-0.2, -0.15) is 18.2 Å². The maximum absolute atomic E-state index is 6.68. The molecule has 3 aromatic heterocycles. The van der Waals surface area contributed by atoms with E-state index in [0.717, 1.165) is 89.1 Å². The van der Waals surface area contributed by atoms with Gasteiger partial charge in [0, 0.05) is 54.7 Å². The summed E-state index contributed by atoms with van der Waals surface area (Å²) in [5.41, 5.74) is 12.0. The standard InChI is InChI=1S/C58H42BN5O.Pt/c1-58(2,3)42-35-55-60-56(36-42)64(43-23-11-6-12-24-43)59(57-47(40-19-7-4-8-20-40)28-18-29-48(57)41-21-9-5-10-22-41)62-39-61(52-31-15-16-32-53(52)62)44-25-17-26-45(37-44)65-46-33-34-50-49-27-13-14-30-51(49)63(55)54(50)38-46;/h4-36H,1-3H3;/q-2;. The Balaban J connectivity index is 0.00000481. The molecule has 8 aromatic carbocycles. The fraction of sp³-hybridized carbons (Fsp3) is 0.0690. The molecular weight excluding hydrogens is 989 g/mol. The number of fused-ring (bicyclic) bond motifs is 15. The van der Waals surface area contributed by atoms with Crippen molar-refractivity contribution >= 4 is 56.8 Å². The van der Waals surface area contributed by atoms with Crippen LogP contribution in [-0.2, 0) is 26.5 Å². The molecule has 8 bridgehead atoms. The normalized spacial score (nSPS) is 12.4. The van der Waals surface area contributed by atoms with E-state index in [1.807, 2.05) is 18.2 Å². The van der Waals surface area contributed by atoms with Crippen molar-refractivity contribution in [2.75, 3.05) is 4.81 Å². The van der Waals surface area contributed by atoms with Crippen molar-refractivity contribution in [2.24, 2.45) is 0 Å².